The Labute approximate surface area is 316 Å². The first-order valence-corrected chi connectivity index (χ1v) is 19.3. The topological polar surface area (TPSA) is 119 Å². The van der Waals surface area contributed by atoms with E-state index in [1.165, 1.54) is 29.7 Å². The lowest BCUT2D eigenvalue weighted by atomic mass is 9.79. The van der Waals surface area contributed by atoms with E-state index in [1.807, 2.05) is 45.2 Å². The Bertz CT molecular complexity index is 2080. The Morgan fingerprint density at radius 1 is 0.963 bits per heavy atom. The molecule has 1 aliphatic carbocycles. The van der Waals surface area contributed by atoms with E-state index < -0.39 is 5.82 Å². The maximum atomic E-state index is 14.6. The molecule has 0 bridgehead atoms. The molecule has 4 heterocycles. The van der Waals surface area contributed by atoms with Crippen molar-refractivity contribution in [1.29, 1.82) is 0 Å². The van der Waals surface area contributed by atoms with E-state index in [9.17, 15) is 14.3 Å². The molecule has 3 aromatic heterocycles. The molecule has 0 spiro atoms. The number of piperidine rings is 1. The number of benzene rings is 2. The van der Waals surface area contributed by atoms with Gasteiger partial charge in [-0.2, -0.15) is 5.10 Å². The number of nitrogens with zero attached hydrogens (tertiary/aromatic N) is 6. The molecule has 7 rings (SSSR count). The van der Waals surface area contributed by atoms with Gasteiger partial charge in [-0.15, -0.1) is 10.2 Å². The van der Waals surface area contributed by atoms with E-state index in [2.05, 4.69) is 62.9 Å². The van der Waals surface area contributed by atoms with Gasteiger partial charge in [0.05, 0.1) is 24.2 Å². The van der Waals surface area contributed by atoms with Crippen molar-refractivity contribution in [3.63, 3.8) is 0 Å². The van der Waals surface area contributed by atoms with Crippen molar-refractivity contribution in [2.75, 3.05) is 23.4 Å². The minimum atomic E-state index is -0.506. The first kappa shape index (κ1) is 37.3. The fourth-order valence-corrected chi connectivity index (χ4v) is 8.01. The maximum absolute atomic E-state index is 14.6. The minimum absolute atomic E-state index is 0.0387. The minimum Gasteiger partial charge on any atom is -0.491 e. The van der Waals surface area contributed by atoms with Crippen LogP contribution < -0.4 is 19.7 Å². The average molecular weight is 738 g/mol. The summed E-state index contributed by atoms with van der Waals surface area (Å²) in [5, 5.41) is 26.0. The average Bonchev–Trinajstić information content (AvgIpc) is 3.76. The van der Waals surface area contributed by atoms with E-state index >= 15 is 0 Å². The SMILES string of the molecule is C[C@@H]1CCC[C@H](C)N1c1nnc2ccc(O[C@@H]3CCC(CCCC(=O)Nc4cc(C(C)(C)C)nn4-c4cc(F)cc(OCCO)c4)c4ccccc43)cn12. The largest absolute Gasteiger partial charge is 0.491 e. The van der Waals surface area contributed by atoms with Crippen molar-refractivity contribution in [3.05, 3.63) is 89.5 Å². The van der Waals surface area contributed by atoms with Gasteiger partial charge in [0.25, 0.3) is 0 Å². The van der Waals surface area contributed by atoms with Gasteiger partial charge in [-0.3, -0.25) is 9.20 Å². The van der Waals surface area contributed by atoms with Crippen molar-refractivity contribution in [1.82, 2.24) is 24.4 Å². The van der Waals surface area contributed by atoms with Crippen molar-refractivity contribution in [3.8, 4) is 17.2 Å². The summed E-state index contributed by atoms with van der Waals surface area (Å²) in [6.45, 7) is 10.5. The zero-order chi connectivity index (χ0) is 38.0. The highest BCUT2D eigenvalue weighted by atomic mass is 19.1. The Morgan fingerprint density at radius 2 is 1.74 bits per heavy atom. The van der Waals surface area contributed by atoms with Crippen LogP contribution in [0.25, 0.3) is 11.3 Å². The number of fused-ring (bicyclic) bond motifs is 2. The summed E-state index contributed by atoms with van der Waals surface area (Å²) in [7, 11) is 0. The van der Waals surface area contributed by atoms with Crippen LogP contribution in [0, 0.1) is 5.82 Å². The van der Waals surface area contributed by atoms with Gasteiger partial charge in [0, 0.05) is 42.1 Å². The lowest BCUT2D eigenvalue weighted by Gasteiger charge is -2.39. The molecular formula is C42H52FN7O4. The molecular weight excluding hydrogens is 686 g/mol. The number of anilines is 2. The summed E-state index contributed by atoms with van der Waals surface area (Å²) in [5.41, 5.74) is 4.13. The lowest BCUT2D eigenvalue weighted by molar-refractivity contribution is -0.116. The molecule has 1 fully saturated rings. The molecule has 2 N–H and O–H groups in total. The number of amides is 1. The summed E-state index contributed by atoms with van der Waals surface area (Å²) >= 11 is 0. The van der Waals surface area contributed by atoms with Gasteiger partial charge in [-0.25, -0.2) is 9.07 Å². The predicted molar refractivity (Wildman–Crippen MR) is 207 cm³/mol. The number of aliphatic hydroxyl groups excluding tert-OH is 1. The predicted octanol–water partition coefficient (Wildman–Crippen LogP) is 8.30. The van der Waals surface area contributed by atoms with Crippen LogP contribution in [0.5, 0.6) is 11.5 Å². The summed E-state index contributed by atoms with van der Waals surface area (Å²) in [6.07, 6.45) is 9.18. The fourth-order valence-electron chi connectivity index (χ4n) is 8.01. The van der Waals surface area contributed by atoms with Crippen LogP contribution in [-0.2, 0) is 10.2 Å². The molecule has 0 saturated carbocycles. The number of nitrogens with one attached hydrogen (secondary N) is 1. The summed E-state index contributed by atoms with van der Waals surface area (Å²) in [4.78, 5) is 15.8. The molecule has 2 aromatic carbocycles. The van der Waals surface area contributed by atoms with E-state index in [0.717, 1.165) is 55.1 Å². The van der Waals surface area contributed by atoms with Gasteiger partial charge in [-0.1, -0.05) is 45.0 Å². The monoisotopic (exact) mass is 737 g/mol. The molecule has 1 saturated heterocycles. The third kappa shape index (κ3) is 8.08. The number of hydrogen-bond donors (Lipinski definition) is 2. The van der Waals surface area contributed by atoms with Crippen molar-refractivity contribution in [2.24, 2.45) is 0 Å². The summed E-state index contributed by atoms with van der Waals surface area (Å²) < 4.78 is 30.4. The van der Waals surface area contributed by atoms with Gasteiger partial charge in [0.15, 0.2) is 5.65 Å². The molecule has 54 heavy (non-hydrogen) atoms. The van der Waals surface area contributed by atoms with E-state index in [4.69, 9.17) is 14.6 Å². The number of carbonyl (C=O) groups excluding carboxylic acids is 1. The third-order valence-corrected chi connectivity index (χ3v) is 10.8. The number of carbonyl (C=O) groups is 1. The molecule has 286 valence electrons. The molecule has 1 aliphatic heterocycles. The van der Waals surface area contributed by atoms with Gasteiger partial charge in [-0.05, 0) is 94.0 Å². The first-order valence-electron chi connectivity index (χ1n) is 19.3. The van der Waals surface area contributed by atoms with Crippen LogP contribution in [-0.4, -0.2) is 60.7 Å². The number of aromatic nitrogens is 5. The van der Waals surface area contributed by atoms with Gasteiger partial charge >= 0.3 is 0 Å². The quantitative estimate of drug-likeness (QED) is 0.131. The second-order valence-corrected chi connectivity index (χ2v) is 15.9. The molecule has 1 unspecified atom stereocenters. The molecule has 4 atom stereocenters. The van der Waals surface area contributed by atoms with Crippen LogP contribution in [0.3, 0.4) is 0 Å². The third-order valence-electron chi connectivity index (χ3n) is 10.8. The van der Waals surface area contributed by atoms with Crippen molar-refractivity contribution in [2.45, 2.75) is 116 Å². The Morgan fingerprint density at radius 3 is 2.50 bits per heavy atom. The molecule has 1 amide bonds. The molecule has 5 aromatic rings. The molecule has 11 nitrogen and oxygen atoms in total. The number of aliphatic hydroxyl groups is 1. The highest BCUT2D eigenvalue weighted by molar-refractivity contribution is 5.90. The number of rotatable bonds is 12. The van der Waals surface area contributed by atoms with Gasteiger partial charge in [0.2, 0.25) is 11.9 Å². The van der Waals surface area contributed by atoms with Crippen molar-refractivity contribution >= 4 is 23.3 Å². The second kappa shape index (κ2) is 15.8. The first-order chi connectivity index (χ1) is 26.0. The van der Waals surface area contributed by atoms with Gasteiger partial charge in [0.1, 0.15) is 35.8 Å². The van der Waals surface area contributed by atoms with Gasteiger partial charge < -0.3 is 24.8 Å². The number of hydrogen-bond acceptors (Lipinski definition) is 8. The molecule has 2 aliphatic rings. The standard InChI is InChI=1S/C42H52FN7O4/c1-27-10-8-11-28(2)49(27)41-46-45-38-19-17-32(26-48(38)41)54-36-18-16-29(34-13-6-7-14-35(34)36)12-9-15-40(52)44-39-25-37(42(3,4)5)47-50(39)31-22-30(43)23-33(24-31)53-21-20-51/h6-7,13-14,17,19,22-29,36,51H,8-12,15-16,18,20-21H2,1-5H3,(H,44,52)/t27-,28+,29?,36-/m1/s1. The summed E-state index contributed by atoms with van der Waals surface area (Å²) in [5.74, 6) is 2.06. The lowest BCUT2D eigenvalue weighted by Crippen LogP contribution is -2.44. The highest BCUT2D eigenvalue weighted by Gasteiger charge is 2.31. The van der Waals surface area contributed by atoms with Crippen LogP contribution in [0.2, 0.25) is 0 Å². The molecule has 12 heteroatoms. The number of pyridine rings is 1. The van der Waals surface area contributed by atoms with Crippen LogP contribution in [0.4, 0.5) is 16.2 Å². The van der Waals surface area contributed by atoms with Crippen molar-refractivity contribution < 1.29 is 23.8 Å². The Balaban J connectivity index is 1.01. The van der Waals surface area contributed by atoms with Crippen LogP contribution in [0.1, 0.15) is 115 Å². The Hall–Kier alpha value is -4.97. The van der Waals surface area contributed by atoms with E-state index in [1.54, 1.807) is 10.7 Å². The van der Waals surface area contributed by atoms with E-state index in [-0.39, 0.29) is 36.4 Å². The molecule has 0 radical (unpaired) electrons. The second-order valence-electron chi connectivity index (χ2n) is 15.9. The van der Waals surface area contributed by atoms with E-state index in [0.29, 0.717) is 42.3 Å². The normalized spacial score (nSPS) is 20.2. The number of ether oxygens (including phenoxy) is 2. The Kier molecular flexibility index (Phi) is 10.9. The smallest absolute Gasteiger partial charge is 0.232 e. The van der Waals surface area contributed by atoms with Crippen LogP contribution in [0.15, 0.2) is 66.9 Å². The number of halogens is 1. The fraction of sp³-hybridized carbons (Fsp3) is 0.476. The van der Waals surface area contributed by atoms with Crippen LogP contribution >= 0.6 is 0 Å². The maximum Gasteiger partial charge on any atom is 0.232 e. The highest BCUT2D eigenvalue weighted by Crippen LogP contribution is 2.42. The summed E-state index contributed by atoms with van der Waals surface area (Å²) in [6, 6.07) is 19.4. The zero-order valence-corrected chi connectivity index (χ0v) is 32.0. The zero-order valence-electron chi connectivity index (χ0n) is 32.0.